The Hall–Kier alpha value is -2.43. The lowest BCUT2D eigenvalue weighted by molar-refractivity contribution is -0.115. The number of carbonyl (C=O) groups is 1. The van der Waals surface area contributed by atoms with Crippen LogP contribution in [0.25, 0.3) is 5.69 Å². The molecule has 19 heavy (non-hydrogen) atoms. The molecular formula is C14H15N3O2. The maximum atomic E-state index is 12.3. The highest BCUT2D eigenvalue weighted by atomic mass is 16.2. The van der Waals surface area contributed by atoms with Crippen molar-refractivity contribution < 1.29 is 4.79 Å². The van der Waals surface area contributed by atoms with Gasteiger partial charge in [-0.05, 0) is 19.1 Å². The van der Waals surface area contributed by atoms with Gasteiger partial charge in [0, 0.05) is 6.42 Å². The molecule has 0 bridgehead atoms. The molecule has 0 aliphatic heterocycles. The van der Waals surface area contributed by atoms with Crippen LogP contribution in [-0.4, -0.2) is 15.5 Å². The van der Waals surface area contributed by atoms with Crippen LogP contribution in [0.5, 0.6) is 0 Å². The highest BCUT2D eigenvalue weighted by Crippen LogP contribution is 2.09. The van der Waals surface area contributed by atoms with Gasteiger partial charge >= 0.3 is 0 Å². The molecule has 0 saturated carbocycles. The summed E-state index contributed by atoms with van der Waals surface area (Å²) in [5.74, 6) is -0.201. The molecule has 0 fully saturated rings. The number of hydrogen-bond donors (Lipinski definition) is 1. The first-order valence-corrected chi connectivity index (χ1v) is 6.07. The van der Waals surface area contributed by atoms with E-state index < -0.39 is 0 Å². The van der Waals surface area contributed by atoms with E-state index in [1.54, 1.807) is 13.8 Å². The number of hydrogen-bond acceptors (Lipinski definition) is 3. The van der Waals surface area contributed by atoms with Crippen LogP contribution >= 0.6 is 0 Å². The monoisotopic (exact) mass is 257 g/mol. The fraction of sp³-hybridized carbons (Fsp3) is 0.214. The summed E-state index contributed by atoms with van der Waals surface area (Å²) in [5.41, 5.74) is 1.18. The van der Waals surface area contributed by atoms with Gasteiger partial charge in [0.15, 0.2) is 0 Å². The first-order chi connectivity index (χ1) is 9.13. The normalized spacial score (nSPS) is 10.2. The first-order valence-electron chi connectivity index (χ1n) is 6.07. The number of rotatable bonds is 3. The number of aromatic nitrogens is 2. The molecule has 0 spiro atoms. The van der Waals surface area contributed by atoms with Crippen molar-refractivity contribution in [2.45, 2.75) is 20.3 Å². The number of nitrogens with one attached hydrogen (secondary N) is 1. The predicted octanol–water partition coefficient (Wildman–Crippen LogP) is 1.89. The van der Waals surface area contributed by atoms with Crippen molar-refractivity contribution in [2.24, 2.45) is 0 Å². The number of nitrogens with zero attached hydrogens (tertiary/aromatic N) is 2. The van der Waals surface area contributed by atoms with Crippen LogP contribution in [0.4, 0.5) is 5.69 Å². The minimum Gasteiger partial charge on any atom is -0.320 e. The molecule has 2 rings (SSSR count). The lowest BCUT2D eigenvalue weighted by Gasteiger charge is -2.10. The zero-order valence-corrected chi connectivity index (χ0v) is 10.9. The maximum absolute atomic E-state index is 12.3. The first kappa shape index (κ1) is 13.0. The molecule has 0 unspecified atom stereocenters. The van der Waals surface area contributed by atoms with Gasteiger partial charge in [-0.15, -0.1) is 0 Å². The van der Waals surface area contributed by atoms with Crippen LogP contribution in [-0.2, 0) is 4.79 Å². The van der Waals surface area contributed by atoms with Crippen LogP contribution in [0.2, 0.25) is 0 Å². The summed E-state index contributed by atoms with van der Waals surface area (Å²) in [7, 11) is 0. The van der Waals surface area contributed by atoms with Crippen molar-refractivity contribution in [3.8, 4) is 5.69 Å². The third-order valence-corrected chi connectivity index (χ3v) is 2.78. The van der Waals surface area contributed by atoms with Gasteiger partial charge in [0.25, 0.3) is 5.56 Å². The van der Waals surface area contributed by atoms with Gasteiger partial charge in [-0.3, -0.25) is 14.2 Å². The number of aryl methyl sites for hydroxylation is 1. The molecule has 1 aromatic heterocycles. The zero-order valence-electron chi connectivity index (χ0n) is 10.9. The molecule has 0 atom stereocenters. The summed E-state index contributed by atoms with van der Waals surface area (Å²) in [6.07, 6.45) is 1.79. The second-order valence-electron chi connectivity index (χ2n) is 4.12. The highest BCUT2D eigenvalue weighted by Gasteiger charge is 2.11. The zero-order chi connectivity index (χ0) is 13.8. The van der Waals surface area contributed by atoms with E-state index in [0.29, 0.717) is 17.8 Å². The Kier molecular flexibility index (Phi) is 3.75. The van der Waals surface area contributed by atoms with Crippen LogP contribution in [0.1, 0.15) is 19.0 Å². The van der Waals surface area contributed by atoms with Crippen molar-refractivity contribution in [3.05, 3.63) is 52.7 Å². The largest absolute Gasteiger partial charge is 0.320 e. The molecule has 1 N–H and O–H groups in total. The number of anilines is 1. The molecule has 5 nitrogen and oxygen atoms in total. The Balaban J connectivity index is 2.52. The topological polar surface area (TPSA) is 64.0 Å². The predicted molar refractivity (Wildman–Crippen MR) is 73.5 cm³/mol. The second kappa shape index (κ2) is 5.48. The molecule has 0 aliphatic carbocycles. The summed E-state index contributed by atoms with van der Waals surface area (Å²) >= 11 is 0. The van der Waals surface area contributed by atoms with E-state index in [1.165, 1.54) is 10.9 Å². The Morgan fingerprint density at radius 3 is 2.63 bits per heavy atom. The minimum atomic E-state index is -0.277. The summed E-state index contributed by atoms with van der Waals surface area (Å²) in [5, 5.41) is 2.60. The second-order valence-corrected chi connectivity index (χ2v) is 4.12. The molecule has 98 valence electrons. The van der Waals surface area contributed by atoms with Crippen LogP contribution in [0.3, 0.4) is 0 Å². The molecule has 1 aromatic carbocycles. The van der Waals surface area contributed by atoms with Gasteiger partial charge in [-0.1, -0.05) is 25.1 Å². The quantitative estimate of drug-likeness (QED) is 0.913. The fourth-order valence-electron chi connectivity index (χ4n) is 1.68. The highest BCUT2D eigenvalue weighted by molar-refractivity contribution is 5.90. The average Bonchev–Trinajstić information content (AvgIpc) is 2.44. The van der Waals surface area contributed by atoms with E-state index >= 15 is 0 Å². The van der Waals surface area contributed by atoms with Crippen molar-refractivity contribution in [1.29, 1.82) is 0 Å². The van der Waals surface area contributed by atoms with Gasteiger partial charge < -0.3 is 5.32 Å². The number of benzene rings is 1. The molecule has 2 aromatic rings. The number of carbonyl (C=O) groups excluding carboxylic acids is 1. The summed E-state index contributed by atoms with van der Waals surface area (Å²) in [4.78, 5) is 27.9. The molecule has 1 heterocycles. The van der Waals surface area contributed by atoms with Gasteiger partial charge in [0.2, 0.25) is 5.91 Å². The van der Waals surface area contributed by atoms with E-state index in [1.807, 2.05) is 30.3 Å². The smallest absolute Gasteiger partial charge is 0.281 e. The minimum absolute atomic E-state index is 0.201. The lowest BCUT2D eigenvalue weighted by Crippen LogP contribution is -2.26. The standard InChI is InChI=1S/C14H15N3O2/c1-3-12(18)16-13-10(2)15-9-17(14(13)19)11-7-5-4-6-8-11/h4-9H,3H2,1-2H3,(H,16,18). The summed E-state index contributed by atoms with van der Waals surface area (Å²) < 4.78 is 1.41. The number of amides is 1. The van der Waals surface area contributed by atoms with E-state index in [9.17, 15) is 9.59 Å². The van der Waals surface area contributed by atoms with Crippen LogP contribution in [0.15, 0.2) is 41.5 Å². The van der Waals surface area contributed by atoms with Crippen molar-refractivity contribution >= 4 is 11.6 Å². The van der Waals surface area contributed by atoms with E-state index in [2.05, 4.69) is 10.3 Å². The van der Waals surface area contributed by atoms with Crippen molar-refractivity contribution in [1.82, 2.24) is 9.55 Å². The Bertz CT molecular complexity index is 647. The van der Waals surface area contributed by atoms with E-state index in [0.717, 1.165) is 0 Å². The Morgan fingerprint density at radius 2 is 2.00 bits per heavy atom. The van der Waals surface area contributed by atoms with Crippen LogP contribution in [0, 0.1) is 6.92 Å². The van der Waals surface area contributed by atoms with E-state index in [-0.39, 0.29) is 17.2 Å². The number of para-hydroxylation sites is 1. The SMILES string of the molecule is CCC(=O)Nc1c(C)ncn(-c2ccccc2)c1=O. The van der Waals surface area contributed by atoms with Gasteiger partial charge in [0.05, 0.1) is 11.4 Å². The summed E-state index contributed by atoms with van der Waals surface area (Å²) in [6, 6.07) is 9.17. The van der Waals surface area contributed by atoms with Crippen molar-refractivity contribution in [2.75, 3.05) is 5.32 Å². The summed E-state index contributed by atoms with van der Waals surface area (Å²) in [6.45, 7) is 3.43. The molecule has 0 radical (unpaired) electrons. The fourth-order valence-corrected chi connectivity index (χ4v) is 1.68. The van der Waals surface area contributed by atoms with Crippen molar-refractivity contribution in [3.63, 3.8) is 0 Å². The van der Waals surface area contributed by atoms with Gasteiger partial charge in [0.1, 0.15) is 12.0 Å². The van der Waals surface area contributed by atoms with Gasteiger partial charge in [-0.2, -0.15) is 0 Å². The molecule has 0 aliphatic rings. The third-order valence-electron chi connectivity index (χ3n) is 2.78. The lowest BCUT2D eigenvalue weighted by atomic mass is 10.3. The molecule has 5 heteroatoms. The Morgan fingerprint density at radius 1 is 1.32 bits per heavy atom. The van der Waals surface area contributed by atoms with Crippen LogP contribution < -0.4 is 10.9 Å². The average molecular weight is 257 g/mol. The molecule has 0 saturated heterocycles. The molecular weight excluding hydrogens is 242 g/mol. The maximum Gasteiger partial charge on any atom is 0.281 e. The van der Waals surface area contributed by atoms with Gasteiger partial charge in [-0.25, -0.2) is 4.98 Å². The Labute approximate surface area is 110 Å². The third kappa shape index (κ3) is 2.70. The van der Waals surface area contributed by atoms with E-state index in [4.69, 9.17) is 0 Å². The molecule has 1 amide bonds.